The lowest BCUT2D eigenvalue weighted by molar-refractivity contribution is -0.127. The van der Waals surface area contributed by atoms with Crippen molar-refractivity contribution in [2.75, 3.05) is 37.8 Å². The van der Waals surface area contributed by atoms with Crippen molar-refractivity contribution < 1.29 is 4.79 Å². The molecule has 94 valence electrons. The van der Waals surface area contributed by atoms with Crippen LogP contribution in [0.5, 0.6) is 0 Å². The zero-order chi connectivity index (χ0) is 13.0. The Balaban J connectivity index is 2.94. The van der Waals surface area contributed by atoms with Gasteiger partial charge < -0.3 is 15.5 Å². The number of nitrogens with zero attached hydrogens (tertiary/aromatic N) is 4. The minimum Gasteiger partial charge on any atom is -0.393 e. The minimum absolute atomic E-state index is 0.0269. The molecule has 0 bridgehead atoms. The van der Waals surface area contributed by atoms with Crippen molar-refractivity contribution in [3.63, 3.8) is 0 Å². The lowest BCUT2D eigenvalue weighted by Gasteiger charge is -2.24. The van der Waals surface area contributed by atoms with Crippen LogP contribution in [0.3, 0.4) is 0 Å². The second-order valence-corrected chi connectivity index (χ2v) is 4.06. The van der Waals surface area contributed by atoms with Crippen LogP contribution in [0.4, 0.5) is 11.5 Å². The Bertz CT molecular complexity index is 410. The summed E-state index contributed by atoms with van der Waals surface area (Å²) >= 11 is 5.82. The predicted molar refractivity (Wildman–Crippen MR) is 68.0 cm³/mol. The molecule has 1 rings (SSSR count). The van der Waals surface area contributed by atoms with Crippen LogP contribution in [-0.4, -0.2) is 48.0 Å². The highest BCUT2D eigenvalue weighted by atomic mass is 35.5. The van der Waals surface area contributed by atoms with Crippen LogP contribution in [0.25, 0.3) is 0 Å². The molecule has 0 saturated heterocycles. The third kappa shape index (κ3) is 3.20. The monoisotopic (exact) mass is 257 g/mol. The third-order valence-electron chi connectivity index (χ3n) is 2.32. The SMILES string of the molecule is CCN(CC(=O)N(C)C)c1ncnc(Cl)c1N. The van der Waals surface area contributed by atoms with E-state index in [-0.39, 0.29) is 17.6 Å². The number of anilines is 2. The van der Waals surface area contributed by atoms with Gasteiger partial charge in [0.25, 0.3) is 0 Å². The summed E-state index contributed by atoms with van der Waals surface area (Å²) in [7, 11) is 3.40. The topological polar surface area (TPSA) is 75.4 Å². The van der Waals surface area contributed by atoms with E-state index in [0.29, 0.717) is 18.1 Å². The highest BCUT2D eigenvalue weighted by molar-refractivity contribution is 6.32. The van der Waals surface area contributed by atoms with E-state index in [1.54, 1.807) is 19.0 Å². The first kappa shape index (κ1) is 13.5. The smallest absolute Gasteiger partial charge is 0.241 e. The van der Waals surface area contributed by atoms with Crippen LogP contribution in [0.2, 0.25) is 5.15 Å². The van der Waals surface area contributed by atoms with Gasteiger partial charge in [0.1, 0.15) is 12.0 Å². The molecule has 0 atom stereocenters. The minimum atomic E-state index is -0.0269. The molecule has 0 fully saturated rings. The van der Waals surface area contributed by atoms with Gasteiger partial charge in [-0.3, -0.25) is 4.79 Å². The van der Waals surface area contributed by atoms with Gasteiger partial charge in [-0.1, -0.05) is 11.6 Å². The van der Waals surface area contributed by atoms with Gasteiger partial charge in [0, 0.05) is 20.6 Å². The molecule has 0 unspecified atom stereocenters. The molecule has 1 aromatic rings. The van der Waals surface area contributed by atoms with E-state index in [0.717, 1.165) is 0 Å². The maximum absolute atomic E-state index is 11.6. The summed E-state index contributed by atoms with van der Waals surface area (Å²) in [4.78, 5) is 22.8. The number of carbonyl (C=O) groups excluding carboxylic acids is 1. The van der Waals surface area contributed by atoms with E-state index in [1.807, 2.05) is 6.92 Å². The number of hydrogen-bond donors (Lipinski definition) is 1. The Labute approximate surface area is 105 Å². The Morgan fingerprint density at radius 2 is 2.12 bits per heavy atom. The number of carbonyl (C=O) groups is 1. The molecule has 1 heterocycles. The number of nitrogens with two attached hydrogens (primary N) is 1. The fraction of sp³-hybridized carbons (Fsp3) is 0.500. The van der Waals surface area contributed by atoms with E-state index >= 15 is 0 Å². The number of rotatable bonds is 4. The molecule has 1 amide bonds. The van der Waals surface area contributed by atoms with Crippen molar-refractivity contribution in [3.8, 4) is 0 Å². The normalized spacial score (nSPS) is 10.1. The van der Waals surface area contributed by atoms with Gasteiger partial charge in [0.05, 0.1) is 6.54 Å². The van der Waals surface area contributed by atoms with Gasteiger partial charge >= 0.3 is 0 Å². The second-order valence-electron chi connectivity index (χ2n) is 3.70. The molecule has 0 aromatic carbocycles. The molecule has 6 nitrogen and oxygen atoms in total. The third-order valence-corrected chi connectivity index (χ3v) is 2.62. The average molecular weight is 258 g/mol. The molecule has 0 aliphatic heterocycles. The molecule has 0 spiro atoms. The van der Waals surface area contributed by atoms with E-state index < -0.39 is 0 Å². The van der Waals surface area contributed by atoms with Crippen LogP contribution in [-0.2, 0) is 4.79 Å². The summed E-state index contributed by atoms with van der Waals surface area (Å²) < 4.78 is 0. The maximum Gasteiger partial charge on any atom is 0.241 e. The van der Waals surface area contributed by atoms with E-state index in [4.69, 9.17) is 17.3 Å². The fourth-order valence-electron chi connectivity index (χ4n) is 1.26. The number of halogens is 1. The van der Waals surface area contributed by atoms with Crippen LogP contribution >= 0.6 is 11.6 Å². The summed E-state index contributed by atoms with van der Waals surface area (Å²) in [6, 6.07) is 0. The van der Waals surface area contributed by atoms with E-state index in [2.05, 4.69) is 9.97 Å². The first-order valence-electron chi connectivity index (χ1n) is 5.18. The van der Waals surface area contributed by atoms with E-state index in [9.17, 15) is 4.79 Å². The van der Waals surface area contributed by atoms with Crippen LogP contribution in [0, 0.1) is 0 Å². The zero-order valence-electron chi connectivity index (χ0n) is 10.1. The van der Waals surface area contributed by atoms with Crippen LogP contribution in [0.15, 0.2) is 6.33 Å². The van der Waals surface area contributed by atoms with Crippen molar-refractivity contribution in [2.24, 2.45) is 0 Å². The molecule has 0 aliphatic rings. The van der Waals surface area contributed by atoms with Gasteiger partial charge in [-0.2, -0.15) is 0 Å². The largest absolute Gasteiger partial charge is 0.393 e. The molecular weight excluding hydrogens is 242 g/mol. The fourth-order valence-corrected chi connectivity index (χ4v) is 1.39. The first-order chi connectivity index (χ1) is 7.97. The van der Waals surface area contributed by atoms with E-state index in [1.165, 1.54) is 11.2 Å². The van der Waals surface area contributed by atoms with Crippen LogP contribution in [0.1, 0.15) is 6.92 Å². The lowest BCUT2D eigenvalue weighted by Crippen LogP contribution is -2.37. The highest BCUT2D eigenvalue weighted by Gasteiger charge is 2.16. The Morgan fingerprint density at radius 1 is 1.47 bits per heavy atom. The summed E-state index contributed by atoms with van der Waals surface area (Å²) in [6.07, 6.45) is 1.33. The quantitative estimate of drug-likeness (QED) is 0.801. The summed E-state index contributed by atoms with van der Waals surface area (Å²) in [5, 5.41) is 0.200. The predicted octanol–water partition coefficient (Wildman–Crippen LogP) is 0.627. The maximum atomic E-state index is 11.6. The summed E-state index contributed by atoms with van der Waals surface area (Å²) in [5.41, 5.74) is 6.08. The number of likely N-dealkylation sites (N-methyl/N-ethyl adjacent to an activating group) is 2. The standard InChI is InChI=1S/C10H16ClN5O/c1-4-16(5-7(17)15(2)3)10-8(12)9(11)13-6-14-10/h6H,4-5,12H2,1-3H3. The second kappa shape index (κ2) is 5.67. The van der Waals surface area contributed by atoms with Gasteiger partial charge in [0.2, 0.25) is 5.91 Å². The Hall–Kier alpha value is -1.56. The van der Waals surface area contributed by atoms with Crippen molar-refractivity contribution in [2.45, 2.75) is 6.92 Å². The Kier molecular flexibility index (Phi) is 4.51. The van der Waals surface area contributed by atoms with Crippen molar-refractivity contribution in [1.82, 2.24) is 14.9 Å². The van der Waals surface area contributed by atoms with Crippen molar-refractivity contribution in [3.05, 3.63) is 11.5 Å². The number of hydrogen-bond acceptors (Lipinski definition) is 5. The van der Waals surface area contributed by atoms with Crippen LogP contribution < -0.4 is 10.6 Å². The summed E-state index contributed by atoms with van der Waals surface area (Å²) in [5.74, 6) is 0.462. The van der Waals surface area contributed by atoms with Gasteiger partial charge in [-0.05, 0) is 6.92 Å². The van der Waals surface area contributed by atoms with Gasteiger partial charge in [-0.25, -0.2) is 9.97 Å². The number of nitrogen functional groups attached to an aromatic ring is 1. The Morgan fingerprint density at radius 3 is 2.65 bits per heavy atom. The molecule has 2 N–H and O–H groups in total. The molecular formula is C10H16ClN5O. The molecule has 0 radical (unpaired) electrons. The molecule has 7 heteroatoms. The zero-order valence-corrected chi connectivity index (χ0v) is 10.9. The van der Waals surface area contributed by atoms with Gasteiger partial charge in [0.15, 0.2) is 11.0 Å². The van der Waals surface area contributed by atoms with Gasteiger partial charge in [-0.15, -0.1) is 0 Å². The molecule has 17 heavy (non-hydrogen) atoms. The number of amides is 1. The first-order valence-corrected chi connectivity index (χ1v) is 5.56. The molecule has 0 saturated carbocycles. The van der Waals surface area contributed by atoms with Crippen molar-refractivity contribution >= 4 is 29.0 Å². The number of aromatic nitrogens is 2. The van der Waals surface area contributed by atoms with Crippen molar-refractivity contribution in [1.29, 1.82) is 0 Å². The lowest BCUT2D eigenvalue weighted by atomic mass is 10.4. The molecule has 1 aromatic heterocycles. The average Bonchev–Trinajstić information content (AvgIpc) is 2.29. The molecule has 0 aliphatic carbocycles. The summed E-state index contributed by atoms with van der Waals surface area (Å²) in [6.45, 7) is 2.73. The highest BCUT2D eigenvalue weighted by Crippen LogP contribution is 2.25.